The number of thioether (sulfide) groups is 2. The minimum atomic E-state index is -0.280. The second-order valence-corrected chi connectivity index (χ2v) is 4.86. The quantitative estimate of drug-likeness (QED) is 0.534. The summed E-state index contributed by atoms with van der Waals surface area (Å²) in [6, 6.07) is 0. The molecule has 0 saturated heterocycles. The van der Waals surface area contributed by atoms with Gasteiger partial charge in [0.25, 0.3) is 0 Å². The summed E-state index contributed by atoms with van der Waals surface area (Å²) in [7, 11) is 0. The molecular weight excluding hydrogens is 180 g/mol. The van der Waals surface area contributed by atoms with Crippen LogP contribution in [0.1, 0.15) is 20.3 Å². The number of carbonyl (C=O) groups excluding carboxylic acids is 1. The summed E-state index contributed by atoms with van der Waals surface area (Å²) >= 11 is 2.86. The Hall–Kier alpha value is 0.330. The van der Waals surface area contributed by atoms with Crippen LogP contribution in [0, 0.1) is 0 Å². The Balaban J connectivity index is 2.97. The van der Waals surface area contributed by atoms with Gasteiger partial charge >= 0.3 is 0 Å². The molecule has 0 aliphatic rings. The smallest absolute Gasteiger partial charge is 0.185 e. The standard InChI is InChI=1S/C7H14O2S2/c1-6(8)10-4-3-5-11-7(2)9/h6,8H,3-5H2,1-2H3. The van der Waals surface area contributed by atoms with Crippen molar-refractivity contribution in [1.29, 1.82) is 0 Å². The first-order chi connectivity index (χ1) is 5.13. The first-order valence-electron chi connectivity index (χ1n) is 3.56. The topological polar surface area (TPSA) is 37.3 Å². The van der Waals surface area contributed by atoms with Gasteiger partial charge in [-0.05, 0) is 19.1 Å². The summed E-state index contributed by atoms with van der Waals surface area (Å²) in [5.74, 6) is 1.80. The van der Waals surface area contributed by atoms with E-state index >= 15 is 0 Å². The Morgan fingerprint density at radius 3 is 2.64 bits per heavy atom. The van der Waals surface area contributed by atoms with Crippen LogP contribution in [0.3, 0.4) is 0 Å². The van der Waals surface area contributed by atoms with Crippen LogP contribution < -0.4 is 0 Å². The predicted molar refractivity (Wildman–Crippen MR) is 51.9 cm³/mol. The maximum atomic E-state index is 10.4. The zero-order valence-electron chi connectivity index (χ0n) is 6.87. The molecular formula is C7H14O2S2. The molecule has 2 nitrogen and oxygen atoms in total. The second kappa shape index (κ2) is 7.00. The highest BCUT2D eigenvalue weighted by molar-refractivity contribution is 8.13. The van der Waals surface area contributed by atoms with Crippen LogP contribution in [0.15, 0.2) is 0 Å². The van der Waals surface area contributed by atoms with E-state index in [1.165, 1.54) is 23.5 Å². The normalized spacial score (nSPS) is 13.0. The molecule has 0 aromatic heterocycles. The fourth-order valence-corrected chi connectivity index (χ4v) is 1.94. The maximum Gasteiger partial charge on any atom is 0.185 e. The van der Waals surface area contributed by atoms with Crippen molar-refractivity contribution in [3.63, 3.8) is 0 Å². The lowest BCUT2D eigenvalue weighted by molar-refractivity contribution is -0.109. The molecule has 66 valence electrons. The first-order valence-corrected chi connectivity index (χ1v) is 5.59. The van der Waals surface area contributed by atoms with Crippen molar-refractivity contribution in [3.05, 3.63) is 0 Å². The van der Waals surface area contributed by atoms with Gasteiger partial charge in [-0.15, -0.1) is 11.8 Å². The van der Waals surface area contributed by atoms with Gasteiger partial charge in [-0.2, -0.15) is 0 Å². The van der Waals surface area contributed by atoms with Gasteiger partial charge in [-0.25, -0.2) is 0 Å². The Morgan fingerprint density at radius 1 is 1.55 bits per heavy atom. The van der Waals surface area contributed by atoms with E-state index in [4.69, 9.17) is 5.11 Å². The summed E-state index contributed by atoms with van der Waals surface area (Å²) in [5.41, 5.74) is -0.280. The van der Waals surface area contributed by atoms with E-state index in [0.717, 1.165) is 17.9 Å². The van der Waals surface area contributed by atoms with Crippen molar-refractivity contribution >= 4 is 28.6 Å². The average molecular weight is 194 g/mol. The molecule has 1 N–H and O–H groups in total. The largest absolute Gasteiger partial charge is 0.383 e. The highest BCUT2D eigenvalue weighted by Crippen LogP contribution is 2.11. The zero-order chi connectivity index (χ0) is 8.69. The Morgan fingerprint density at radius 2 is 2.18 bits per heavy atom. The van der Waals surface area contributed by atoms with Crippen molar-refractivity contribution in [2.45, 2.75) is 25.7 Å². The Kier molecular flexibility index (Phi) is 7.22. The molecule has 0 aliphatic heterocycles. The molecule has 0 amide bonds. The third-order valence-corrected chi connectivity index (χ3v) is 2.86. The predicted octanol–water partition coefficient (Wildman–Crippen LogP) is 1.73. The molecule has 0 rings (SSSR count). The second-order valence-electron chi connectivity index (χ2n) is 2.16. The van der Waals surface area contributed by atoms with Crippen LogP contribution in [0.2, 0.25) is 0 Å². The molecule has 0 aliphatic carbocycles. The molecule has 0 aromatic carbocycles. The Labute approximate surface area is 76.1 Å². The van der Waals surface area contributed by atoms with E-state index in [-0.39, 0.29) is 10.6 Å². The monoisotopic (exact) mass is 194 g/mol. The highest BCUT2D eigenvalue weighted by Gasteiger charge is 1.96. The molecule has 0 radical (unpaired) electrons. The van der Waals surface area contributed by atoms with E-state index in [1.807, 2.05) is 0 Å². The molecule has 0 aromatic rings. The van der Waals surface area contributed by atoms with Gasteiger partial charge < -0.3 is 5.11 Å². The van der Waals surface area contributed by atoms with Gasteiger partial charge in [-0.3, -0.25) is 4.79 Å². The van der Waals surface area contributed by atoms with Crippen molar-refractivity contribution in [1.82, 2.24) is 0 Å². The van der Waals surface area contributed by atoms with E-state index in [9.17, 15) is 4.79 Å². The van der Waals surface area contributed by atoms with Gasteiger partial charge in [0, 0.05) is 12.7 Å². The van der Waals surface area contributed by atoms with Gasteiger partial charge in [0.2, 0.25) is 0 Å². The lowest BCUT2D eigenvalue weighted by Crippen LogP contribution is -1.95. The molecule has 0 fully saturated rings. The van der Waals surface area contributed by atoms with Crippen LogP contribution in [0.5, 0.6) is 0 Å². The summed E-state index contributed by atoms with van der Waals surface area (Å²) in [4.78, 5) is 10.4. The third-order valence-electron chi connectivity index (χ3n) is 0.953. The molecule has 0 spiro atoms. The van der Waals surface area contributed by atoms with E-state index in [2.05, 4.69) is 0 Å². The van der Waals surface area contributed by atoms with Crippen molar-refractivity contribution in [3.8, 4) is 0 Å². The van der Waals surface area contributed by atoms with Gasteiger partial charge in [0.15, 0.2) is 5.12 Å². The summed E-state index contributed by atoms with van der Waals surface area (Å²) < 4.78 is 0. The van der Waals surface area contributed by atoms with Crippen LogP contribution in [-0.2, 0) is 4.79 Å². The zero-order valence-corrected chi connectivity index (χ0v) is 8.50. The maximum absolute atomic E-state index is 10.4. The number of rotatable bonds is 5. The third kappa shape index (κ3) is 10.3. The number of carbonyl (C=O) groups is 1. The fourth-order valence-electron chi connectivity index (χ4n) is 0.529. The van der Waals surface area contributed by atoms with Crippen molar-refractivity contribution in [2.24, 2.45) is 0 Å². The molecule has 0 heterocycles. The fraction of sp³-hybridized carbons (Fsp3) is 0.857. The lowest BCUT2D eigenvalue weighted by atomic mass is 10.6. The van der Waals surface area contributed by atoms with Gasteiger partial charge in [0.05, 0.1) is 5.44 Å². The molecule has 0 saturated carbocycles. The number of hydrogen-bond acceptors (Lipinski definition) is 4. The molecule has 11 heavy (non-hydrogen) atoms. The molecule has 1 atom stereocenters. The van der Waals surface area contributed by atoms with Gasteiger partial charge in [0.1, 0.15) is 0 Å². The first kappa shape index (κ1) is 11.3. The van der Waals surface area contributed by atoms with Crippen LogP contribution in [-0.4, -0.2) is 27.2 Å². The van der Waals surface area contributed by atoms with Crippen LogP contribution in [0.25, 0.3) is 0 Å². The van der Waals surface area contributed by atoms with E-state index < -0.39 is 0 Å². The minimum Gasteiger partial charge on any atom is -0.383 e. The van der Waals surface area contributed by atoms with Crippen molar-refractivity contribution in [2.75, 3.05) is 11.5 Å². The van der Waals surface area contributed by atoms with Crippen LogP contribution in [0.4, 0.5) is 0 Å². The number of hydrogen-bond donors (Lipinski definition) is 1. The lowest BCUT2D eigenvalue weighted by Gasteiger charge is -2.01. The highest BCUT2D eigenvalue weighted by atomic mass is 32.2. The number of aliphatic hydroxyl groups excluding tert-OH is 1. The summed E-state index contributed by atoms with van der Waals surface area (Å²) in [6.45, 7) is 3.33. The van der Waals surface area contributed by atoms with E-state index in [1.54, 1.807) is 13.8 Å². The molecule has 1 unspecified atom stereocenters. The molecule has 4 heteroatoms. The van der Waals surface area contributed by atoms with E-state index in [0.29, 0.717) is 0 Å². The Bertz CT molecular complexity index is 115. The number of aliphatic hydroxyl groups is 1. The average Bonchev–Trinajstić information content (AvgIpc) is 1.85. The van der Waals surface area contributed by atoms with Crippen molar-refractivity contribution < 1.29 is 9.90 Å². The molecule has 0 bridgehead atoms. The van der Waals surface area contributed by atoms with Gasteiger partial charge in [-0.1, -0.05) is 11.8 Å². The minimum absolute atomic E-state index is 0.173. The van der Waals surface area contributed by atoms with Crippen LogP contribution >= 0.6 is 23.5 Å². The summed E-state index contributed by atoms with van der Waals surface area (Å²) in [6.07, 6.45) is 0.986. The summed E-state index contributed by atoms with van der Waals surface area (Å²) in [5, 5.41) is 9.02. The SMILES string of the molecule is CC(=O)SCCCSC(C)O.